The minimum atomic E-state index is -0.370. The fourth-order valence-corrected chi connectivity index (χ4v) is 3.34. The second kappa shape index (κ2) is 8.77. The fraction of sp³-hybridized carbons (Fsp3) is 0.0800. The first kappa shape index (κ1) is 19.6. The van der Waals surface area contributed by atoms with Gasteiger partial charge < -0.3 is 14.5 Å². The van der Waals surface area contributed by atoms with Gasteiger partial charge in [0, 0.05) is 18.5 Å². The number of rotatable bonds is 7. The number of benzene rings is 2. The Labute approximate surface area is 184 Å². The Kier molecular flexibility index (Phi) is 5.36. The molecule has 0 aliphatic carbocycles. The number of aromatic nitrogens is 3. The van der Waals surface area contributed by atoms with Crippen LogP contribution in [0.1, 0.15) is 22.0 Å². The number of furan rings is 1. The molecule has 32 heavy (non-hydrogen) atoms. The van der Waals surface area contributed by atoms with Crippen LogP contribution >= 0.6 is 0 Å². The average molecular weight is 424 g/mol. The number of fused-ring (bicyclic) bond motifs is 1. The summed E-state index contributed by atoms with van der Waals surface area (Å²) in [4.78, 5) is 16.8. The van der Waals surface area contributed by atoms with Crippen molar-refractivity contribution in [2.75, 3.05) is 5.32 Å². The molecule has 0 atom stereocenters. The number of nitrogens with zero attached hydrogens (tertiary/aromatic N) is 3. The third-order valence-electron chi connectivity index (χ3n) is 4.92. The Hall–Kier alpha value is -4.39. The lowest BCUT2D eigenvalue weighted by atomic mass is 10.1. The van der Waals surface area contributed by atoms with Gasteiger partial charge >= 0.3 is 0 Å². The summed E-state index contributed by atoms with van der Waals surface area (Å²) in [7, 11) is 0. The summed E-state index contributed by atoms with van der Waals surface area (Å²) < 4.78 is 13.2. The zero-order chi connectivity index (χ0) is 21.8. The van der Waals surface area contributed by atoms with Crippen LogP contribution in [0.3, 0.4) is 0 Å². The number of hydrogen-bond acceptors (Lipinski definition) is 5. The molecule has 7 nitrogen and oxygen atoms in total. The Morgan fingerprint density at radius 2 is 1.84 bits per heavy atom. The van der Waals surface area contributed by atoms with Gasteiger partial charge in [0.2, 0.25) is 0 Å². The molecule has 0 radical (unpaired) electrons. The SMILES string of the molecule is O=C(Nc1ccn(Cc2ccccn2)n1)c1ccc(COc2ccc3ccccc3c2)o1. The van der Waals surface area contributed by atoms with E-state index >= 15 is 0 Å². The molecule has 1 N–H and O–H groups in total. The maximum atomic E-state index is 12.5. The van der Waals surface area contributed by atoms with Crippen LogP contribution in [0.2, 0.25) is 0 Å². The van der Waals surface area contributed by atoms with Gasteiger partial charge in [-0.05, 0) is 47.2 Å². The van der Waals surface area contributed by atoms with Crippen LogP contribution in [0, 0.1) is 0 Å². The first-order valence-corrected chi connectivity index (χ1v) is 10.2. The van der Waals surface area contributed by atoms with E-state index in [4.69, 9.17) is 9.15 Å². The predicted octanol–water partition coefficient (Wildman–Crippen LogP) is 4.90. The monoisotopic (exact) mass is 424 g/mol. The molecule has 158 valence electrons. The molecule has 0 unspecified atom stereocenters. The number of anilines is 1. The van der Waals surface area contributed by atoms with Crippen LogP contribution in [0.25, 0.3) is 10.8 Å². The lowest BCUT2D eigenvalue weighted by Gasteiger charge is -2.06. The molecule has 3 heterocycles. The van der Waals surface area contributed by atoms with E-state index in [1.54, 1.807) is 35.3 Å². The number of carbonyl (C=O) groups is 1. The van der Waals surface area contributed by atoms with Gasteiger partial charge in [-0.25, -0.2) is 0 Å². The summed E-state index contributed by atoms with van der Waals surface area (Å²) in [5.74, 6) is 1.57. The molecule has 0 spiro atoms. The first-order chi connectivity index (χ1) is 15.7. The standard InChI is InChI=1S/C25H20N4O3/c30-25(27-24-12-14-29(28-24)16-20-7-3-4-13-26-20)23-11-10-22(32-23)17-31-21-9-8-18-5-1-2-6-19(18)15-21/h1-15H,16-17H2,(H,27,28,30). The summed E-state index contributed by atoms with van der Waals surface area (Å²) in [5, 5.41) is 9.36. The zero-order valence-electron chi connectivity index (χ0n) is 17.1. The van der Waals surface area contributed by atoms with Crippen molar-refractivity contribution in [3.05, 3.63) is 108 Å². The minimum absolute atomic E-state index is 0.196. The molecule has 0 saturated heterocycles. The van der Waals surface area contributed by atoms with Crippen LogP contribution in [0.4, 0.5) is 5.82 Å². The van der Waals surface area contributed by atoms with Crippen molar-refractivity contribution in [1.29, 1.82) is 0 Å². The van der Waals surface area contributed by atoms with Gasteiger partial charge in [0.05, 0.1) is 12.2 Å². The van der Waals surface area contributed by atoms with Gasteiger partial charge in [0.25, 0.3) is 5.91 Å². The number of ether oxygens (including phenoxy) is 1. The van der Waals surface area contributed by atoms with Crippen molar-refractivity contribution >= 4 is 22.5 Å². The first-order valence-electron chi connectivity index (χ1n) is 10.2. The van der Waals surface area contributed by atoms with Crippen molar-refractivity contribution in [2.24, 2.45) is 0 Å². The number of hydrogen-bond donors (Lipinski definition) is 1. The number of carbonyl (C=O) groups excluding carboxylic acids is 1. The quantitative estimate of drug-likeness (QED) is 0.402. The maximum absolute atomic E-state index is 12.5. The lowest BCUT2D eigenvalue weighted by molar-refractivity contribution is 0.0992. The normalized spacial score (nSPS) is 10.9. The van der Waals surface area contributed by atoms with E-state index in [0.717, 1.165) is 22.2 Å². The van der Waals surface area contributed by atoms with Crippen LogP contribution in [0.5, 0.6) is 5.75 Å². The van der Waals surface area contributed by atoms with Crippen LogP contribution in [0.15, 0.2) is 95.7 Å². The summed E-state index contributed by atoms with van der Waals surface area (Å²) in [6, 6.07) is 24.8. The van der Waals surface area contributed by atoms with E-state index < -0.39 is 0 Å². The summed E-state index contributed by atoms with van der Waals surface area (Å²) in [6.45, 7) is 0.748. The number of amides is 1. The number of nitrogens with one attached hydrogen (secondary N) is 1. The van der Waals surface area contributed by atoms with Crippen LogP contribution < -0.4 is 10.1 Å². The summed E-state index contributed by atoms with van der Waals surface area (Å²) in [5.41, 5.74) is 0.885. The second-order valence-corrected chi connectivity index (χ2v) is 7.24. The second-order valence-electron chi connectivity index (χ2n) is 7.24. The number of pyridine rings is 1. The molecule has 5 aromatic rings. The van der Waals surface area contributed by atoms with Gasteiger partial charge in [0.15, 0.2) is 11.6 Å². The highest BCUT2D eigenvalue weighted by Gasteiger charge is 2.13. The highest BCUT2D eigenvalue weighted by atomic mass is 16.5. The molecule has 2 aromatic carbocycles. The fourth-order valence-electron chi connectivity index (χ4n) is 3.34. The molecule has 0 aliphatic rings. The van der Waals surface area contributed by atoms with Gasteiger partial charge in [-0.15, -0.1) is 0 Å². The largest absolute Gasteiger partial charge is 0.486 e. The van der Waals surface area contributed by atoms with E-state index in [9.17, 15) is 4.79 Å². The van der Waals surface area contributed by atoms with E-state index in [2.05, 4.69) is 21.5 Å². The van der Waals surface area contributed by atoms with E-state index in [1.165, 1.54) is 0 Å². The molecule has 0 fully saturated rings. The van der Waals surface area contributed by atoms with E-state index in [-0.39, 0.29) is 18.3 Å². The molecular weight excluding hydrogens is 404 g/mol. The third kappa shape index (κ3) is 4.52. The average Bonchev–Trinajstić information content (AvgIpc) is 3.48. The molecule has 0 bridgehead atoms. The maximum Gasteiger partial charge on any atom is 0.292 e. The van der Waals surface area contributed by atoms with Gasteiger partial charge in [-0.3, -0.25) is 14.5 Å². The molecule has 1 amide bonds. The van der Waals surface area contributed by atoms with Crippen LogP contribution in [-0.4, -0.2) is 20.7 Å². The van der Waals surface area contributed by atoms with Crippen LogP contribution in [-0.2, 0) is 13.2 Å². The molecular formula is C25H20N4O3. The summed E-state index contributed by atoms with van der Waals surface area (Å²) in [6.07, 6.45) is 3.52. The van der Waals surface area contributed by atoms with E-state index in [1.807, 2.05) is 54.6 Å². The zero-order valence-corrected chi connectivity index (χ0v) is 17.1. The Balaban J connectivity index is 1.18. The van der Waals surface area contributed by atoms with Crippen molar-refractivity contribution in [3.63, 3.8) is 0 Å². The van der Waals surface area contributed by atoms with Crippen molar-refractivity contribution < 1.29 is 13.9 Å². The lowest BCUT2D eigenvalue weighted by Crippen LogP contribution is -2.12. The molecule has 7 heteroatoms. The van der Waals surface area contributed by atoms with Gasteiger partial charge in [-0.1, -0.05) is 36.4 Å². The van der Waals surface area contributed by atoms with Gasteiger partial charge in [0.1, 0.15) is 18.1 Å². The van der Waals surface area contributed by atoms with Crippen molar-refractivity contribution in [3.8, 4) is 5.75 Å². The van der Waals surface area contributed by atoms with Gasteiger partial charge in [-0.2, -0.15) is 5.10 Å². The Morgan fingerprint density at radius 3 is 2.72 bits per heavy atom. The Morgan fingerprint density at radius 1 is 0.969 bits per heavy atom. The molecule has 0 aliphatic heterocycles. The highest BCUT2D eigenvalue weighted by molar-refractivity contribution is 6.01. The molecule has 3 aromatic heterocycles. The highest BCUT2D eigenvalue weighted by Crippen LogP contribution is 2.22. The predicted molar refractivity (Wildman–Crippen MR) is 121 cm³/mol. The Bertz CT molecular complexity index is 1360. The molecule has 5 rings (SSSR count). The third-order valence-corrected chi connectivity index (χ3v) is 4.92. The summed E-state index contributed by atoms with van der Waals surface area (Å²) >= 11 is 0. The topological polar surface area (TPSA) is 82.2 Å². The van der Waals surface area contributed by atoms with E-state index in [0.29, 0.717) is 18.1 Å². The minimum Gasteiger partial charge on any atom is -0.486 e. The van der Waals surface area contributed by atoms with Crippen molar-refractivity contribution in [2.45, 2.75) is 13.2 Å². The molecule has 0 saturated carbocycles. The smallest absolute Gasteiger partial charge is 0.292 e. The van der Waals surface area contributed by atoms with Crippen molar-refractivity contribution in [1.82, 2.24) is 14.8 Å².